The van der Waals surface area contributed by atoms with Gasteiger partial charge >= 0.3 is 6.18 Å². The second-order valence-electron chi connectivity index (χ2n) is 5.87. The Kier molecular flexibility index (Phi) is 5.85. The van der Waals surface area contributed by atoms with E-state index in [1.165, 1.54) is 17.9 Å². The van der Waals surface area contributed by atoms with Crippen LogP contribution < -0.4 is 10.5 Å². The Bertz CT molecular complexity index is 818. The molecule has 2 N–H and O–H groups in total. The monoisotopic (exact) mass is 389 g/mol. The van der Waals surface area contributed by atoms with Crippen LogP contribution in [0.2, 0.25) is 5.02 Å². The van der Waals surface area contributed by atoms with E-state index in [1.54, 1.807) is 12.1 Å². The number of hydrogen-bond acceptors (Lipinski definition) is 3. The Morgan fingerprint density at radius 1 is 1.42 bits per heavy atom. The highest BCUT2D eigenvalue weighted by molar-refractivity contribution is 6.36. The Balaban J connectivity index is 2.50. The maximum Gasteiger partial charge on any atom is 0.391 e. The number of aryl methyl sites for hydroxylation is 1. The van der Waals surface area contributed by atoms with Crippen molar-refractivity contribution < 1.29 is 22.7 Å². The number of primary amides is 1. The van der Waals surface area contributed by atoms with Gasteiger partial charge in [0.2, 0.25) is 0 Å². The molecule has 0 saturated carbocycles. The summed E-state index contributed by atoms with van der Waals surface area (Å²) >= 11 is 6.26. The van der Waals surface area contributed by atoms with Crippen LogP contribution in [-0.2, 0) is 13.0 Å². The molecular formula is C17H19ClF3N3O2. The number of amides is 1. The highest BCUT2D eigenvalue weighted by Crippen LogP contribution is 2.38. The van der Waals surface area contributed by atoms with Crippen molar-refractivity contribution in [2.24, 2.45) is 11.7 Å². The first-order chi connectivity index (χ1) is 12.1. The van der Waals surface area contributed by atoms with Crippen LogP contribution in [0.3, 0.4) is 0 Å². The van der Waals surface area contributed by atoms with Gasteiger partial charge in [-0.25, -0.2) is 0 Å². The summed E-state index contributed by atoms with van der Waals surface area (Å²) in [5, 5.41) is 4.17. The number of nitrogens with two attached hydrogens (primary N) is 1. The first kappa shape index (κ1) is 20.1. The van der Waals surface area contributed by atoms with E-state index >= 15 is 0 Å². The van der Waals surface area contributed by atoms with Gasteiger partial charge in [0.15, 0.2) is 5.69 Å². The number of methoxy groups -OCH3 is 1. The molecule has 0 bridgehead atoms. The van der Waals surface area contributed by atoms with E-state index in [1.807, 2.05) is 6.92 Å². The molecule has 1 aromatic heterocycles. The lowest BCUT2D eigenvalue weighted by molar-refractivity contribution is -0.169. The van der Waals surface area contributed by atoms with Crippen molar-refractivity contribution in [2.45, 2.75) is 33.0 Å². The predicted octanol–water partition coefficient (Wildman–Crippen LogP) is 4.07. The fourth-order valence-electron chi connectivity index (χ4n) is 2.61. The summed E-state index contributed by atoms with van der Waals surface area (Å²) in [5.74, 6) is -1.91. The maximum atomic E-state index is 12.8. The molecule has 1 aromatic carbocycles. The average Bonchev–Trinajstić information content (AvgIpc) is 2.90. The number of rotatable bonds is 6. The number of aromatic nitrogens is 2. The molecule has 0 aliphatic carbocycles. The molecule has 1 heterocycles. The van der Waals surface area contributed by atoms with Gasteiger partial charge in [0, 0.05) is 12.1 Å². The lowest BCUT2D eigenvalue weighted by Gasteiger charge is -2.17. The van der Waals surface area contributed by atoms with E-state index in [2.05, 4.69) is 5.10 Å². The lowest BCUT2D eigenvalue weighted by Crippen LogP contribution is -2.21. The van der Waals surface area contributed by atoms with E-state index in [9.17, 15) is 18.0 Å². The molecule has 9 heteroatoms. The zero-order chi connectivity index (χ0) is 19.6. The molecule has 0 spiro atoms. The minimum absolute atomic E-state index is 0.0691. The molecule has 0 fully saturated rings. The first-order valence-electron chi connectivity index (χ1n) is 7.90. The van der Waals surface area contributed by atoms with Gasteiger partial charge in [0.1, 0.15) is 5.75 Å². The van der Waals surface area contributed by atoms with Crippen molar-refractivity contribution in [3.63, 3.8) is 0 Å². The molecular weight excluding hydrogens is 371 g/mol. The summed E-state index contributed by atoms with van der Waals surface area (Å²) in [6, 6.07) is 4.72. The van der Waals surface area contributed by atoms with Gasteiger partial charge in [-0.3, -0.25) is 9.48 Å². The van der Waals surface area contributed by atoms with Gasteiger partial charge in [0.25, 0.3) is 5.91 Å². The highest BCUT2D eigenvalue weighted by atomic mass is 35.5. The zero-order valence-electron chi connectivity index (χ0n) is 14.5. The minimum atomic E-state index is -4.27. The zero-order valence-corrected chi connectivity index (χ0v) is 15.3. The molecule has 2 aromatic rings. The molecule has 0 radical (unpaired) electrons. The summed E-state index contributed by atoms with van der Waals surface area (Å²) in [6.07, 6.45) is -4.44. The Labute approximate surface area is 153 Å². The number of carbonyl (C=O) groups excluding carboxylic acids is 1. The number of hydrogen-bond donors (Lipinski definition) is 1. The third-order valence-corrected chi connectivity index (χ3v) is 4.41. The smallest absolute Gasteiger partial charge is 0.391 e. The van der Waals surface area contributed by atoms with Crippen molar-refractivity contribution in [1.29, 1.82) is 0 Å². The van der Waals surface area contributed by atoms with Gasteiger partial charge in [-0.15, -0.1) is 0 Å². The van der Waals surface area contributed by atoms with Crippen LogP contribution in [-0.4, -0.2) is 29.0 Å². The van der Waals surface area contributed by atoms with E-state index < -0.39 is 18.0 Å². The summed E-state index contributed by atoms with van der Waals surface area (Å²) in [4.78, 5) is 11.5. The fraction of sp³-hybridized carbons (Fsp3) is 0.412. The summed E-state index contributed by atoms with van der Waals surface area (Å²) in [5.41, 5.74) is 6.63. The quantitative estimate of drug-likeness (QED) is 0.809. The number of halogens is 4. The Hall–Kier alpha value is -2.22. The summed E-state index contributed by atoms with van der Waals surface area (Å²) in [6.45, 7) is 3.35. The van der Waals surface area contributed by atoms with E-state index in [4.69, 9.17) is 22.1 Å². The topological polar surface area (TPSA) is 70.1 Å². The normalized spacial score (nSPS) is 12.9. The number of ether oxygens (including phenoxy) is 1. The van der Waals surface area contributed by atoms with E-state index in [-0.39, 0.29) is 17.1 Å². The first-order valence-corrected chi connectivity index (χ1v) is 8.28. The maximum absolute atomic E-state index is 12.8. The van der Waals surface area contributed by atoms with Crippen LogP contribution in [0.15, 0.2) is 18.2 Å². The van der Waals surface area contributed by atoms with Crippen molar-refractivity contribution in [2.75, 3.05) is 7.11 Å². The largest absolute Gasteiger partial charge is 0.496 e. The second kappa shape index (κ2) is 7.57. The van der Waals surface area contributed by atoms with Gasteiger partial charge in [-0.05, 0) is 31.0 Å². The van der Waals surface area contributed by atoms with Gasteiger partial charge in [0.05, 0.1) is 23.7 Å². The standard InChI is InChI=1S/C17H19ClF3N3O2/c1-4-24-15(13(18)14(23-24)16(22)25)11-6-5-10(8-12(11)26-3)7-9(2)17(19,20)21/h5-6,8-9H,4,7H2,1-3H3,(H2,22,25). The lowest BCUT2D eigenvalue weighted by atomic mass is 9.98. The van der Waals surface area contributed by atoms with Crippen LogP contribution in [0, 0.1) is 5.92 Å². The molecule has 142 valence electrons. The van der Waals surface area contributed by atoms with Crippen LogP contribution in [0.5, 0.6) is 5.75 Å². The van der Waals surface area contributed by atoms with Crippen LogP contribution in [0.4, 0.5) is 13.2 Å². The Morgan fingerprint density at radius 2 is 2.08 bits per heavy atom. The highest BCUT2D eigenvalue weighted by Gasteiger charge is 2.35. The number of alkyl halides is 3. The third kappa shape index (κ3) is 3.95. The molecule has 1 atom stereocenters. The molecule has 0 saturated heterocycles. The van der Waals surface area contributed by atoms with E-state index in [0.717, 1.165) is 6.92 Å². The molecule has 5 nitrogen and oxygen atoms in total. The number of nitrogens with zero attached hydrogens (tertiary/aromatic N) is 2. The third-order valence-electron chi connectivity index (χ3n) is 4.05. The number of carbonyl (C=O) groups is 1. The van der Waals surface area contributed by atoms with Crippen molar-refractivity contribution in [3.05, 3.63) is 34.5 Å². The molecule has 2 rings (SSSR count). The SMILES string of the molecule is CCn1nc(C(N)=O)c(Cl)c1-c1ccc(CC(C)C(F)(F)F)cc1OC. The van der Waals surface area contributed by atoms with Gasteiger partial charge in [-0.1, -0.05) is 24.6 Å². The van der Waals surface area contributed by atoms with Gasteiger partial charge in [-0.2, -0.15) is 18.3 Å². The van der Waals surface area contributed by atoms with Crippen molar-refractivity contribution in [1.82, 2.24) is 9.78 Å². The average molecular weight is 390 g/mol. The van der Waals surface area contributed by atoms with Crippen LogP contribution >= 0.6 is 11.6 Å². The molecule has 26 heavy (non-hydrogen) atoms. The minimum Gasteiger partial charge on any atom is -0.496 e. The summed E-state index contributed by atoms with van der Waals surface area (Å²) < 4.78 is 45.2. The molecule has 0 aliphatic heterocycles. The van der Waals surface area contributed by atoms with Crippen molar-refractivity contribution >= 4 is 17.5 Å². The van der Waals surface area contributed by atoms with E-state index in [0.29, 0.717) is 29.1 Å². The number of benzene rings is 1. The second-order valence-corrected chi connectivity index (χ2v) is 6.25. The molecule has 0 aliphatic rings. The summed E-state index contributed by atoms with van der Waals surface area (Å²) in [7, 11) is 1.41. The van der Waals surface area contributed by atoms with Crippen molar-refractivity contribution in [3.8, 4) is 17.0 Å². The molecule has 1 amide bonds. The van der Waals surface area contributed by atoms with Crippen LogP contribution in [0.25, 0.3) is 11.3 Å². The fourth-order valence-corrected chi connectivity index (χ4v) is 2.94. The van der Waals surface area contributed by atoms with Gasteiger partial charge < -0.3 is 10.5 Å². The molecule has 1 unspecified atom stereocenters. The van der Waals surface area contributed by atoms with Crippen LogP contribution in [0.1, 0.15) is 29.9 Å². The Morgan fingerprint density at radius 3 is 2.58 bits per heavy atom. The predicted molar refractivity (Wildman–Crippen MR) is 92.3 cm³/mol.